The molecule has 2 unspecified atom stereocenters. The Balaban J connectivity index is 1.72. The number of Topliss-reactive ketones (excluding diaryl/α,β-unsaturated/α-hetero) is 2. The van der Waals surface area contributed by atoms with E-state index in [1.807, 2.05) is 6.07 Å². The van der Waals surface area contributed by atoms with Crippen LogP contribution in [0.5, 0.6) is 5.75 Å². The molecule has 0 bridgehead atoms. The lowest BCUT2D eigenvalue weighted by atomic mass is 9.54. The summed E-state index contributed by atoms with van der Waals surface area (Å²) in [5.74, 6) is -5.68. The molecule has 1 heterocycles. The number of hydrogen-bond donors (Lipinski definition) is 7. The molecule has 3 aliphatic carbocycles. The summed E-state index contributed by atoms with van der Waals surface area (Å²) in [6.45, 7) is 4.60. The fourth-order valence-electron chi connectivity index (χ4n) is 7.29. The van der Waals surface area contributed by atoms with E-state index < -0.39 is 69.7 Å². The molecule has 0 aromatic heterocycles. The molecule has 1 aliphatic heterocycles. The number of rotatable bonds is 4. The predicted molar refractivity (Wildman–Crippen MR) is 146 cm³/mol. The van der Waals surface area contributed by atoms with Crippen LogP contribution in [0.2, 0.25) is 0 Å². The van der Waals surface area contributed by atoms with Gasteiger partial charge >= 0.3 is 0 Å². The zero-order chi connectivity index (χ0) is 29.7. The van der Waals surface area contributed by atoms with Crippen molar-refractivity contribution in [2.24, 2.45) is 17.2 Å². The summed E-state index contributed by atoms with van der Waals surface area (Å²) >= 11 is 0. The predicted octanol–water partition coefficient (Wildman–Crippen LogP) is 0.182. The van der Waals surface area contributed by atoms with Crippen molar-refractivity contribution in [3.63, 3.8) is 0 Å². The smallest absolute Gasteiger partial charge is 0.255 e. The molecule has 1 fully saturated rings. The number of aliphatic hydroxyl groups is 3. The van der Waals surface area contributed by atoms with Gasteiger partial charge in [-0.3, -0.25) is 19.3 Å². The third-order valence-electron chi connectivity index (χ3n) is 9.38. The molecule has 0 spiro atoms. The van der Waals surface area contributed by atoms with Crippen LogP contribution in [0.3, 0.4) is 0 Å². The van der Waals surface area contributed by atoms with Crippen LogP contribution in [0.15, 0.2) is 28.7 Å². The van der Waals surface area contributed by atoms with Gasteiger partial charge in [0.25, 0.3) is 5.91 Å². The van der Waals surface area contributed by atoms with E-state index >= 15 is 0 Å². The van der Waals surface area contributed by atoms with Crippen molar-refractivity contribution in [2.45, 2.75) is 81.3 Å². The molecule has 1 amide bonds. The number of likely N-dealkylation sites (tertiary alicyclic amines) is 1. The average Bonchev–Trinajstić information content (AvgIpc) is 3.14. The Kier molecular flexibility index (Phi) is 6.16. The number of carbonyl (C=O) groups is 3. The maximum Gasteiger partial charge on any atom is 0.255 e. The monoisotopic (exact) mass is 555 g/mol. The molecule has 1 saturated heterocycles. The summed E-state index contributed by atoms with van der Waals surface area (Å²) in [5.41, 5.74) is 12.0. The van der Waals surface area contributed by atoms with Gasteiger partial charge in [-0.05, 0) is 51.2 Å². The third kappa shape index (κ3) is 3.56. The standard InChI is InChI=1S/C28H37N5O7/c1-12-5-6-13(2)33(12)10-14-7-16(32(3)4)15-8-26(30)11-27(31)9-17(34)19(25(29)39)23(37)28(27,40)24(38)20(26)22(36)18(15)21(14)35/h7,12-13,34-35,38,40H,5-6,8-11,30-31H2,1-4H3,(H2,29,39)/t12?,13?,26-,27+,28-/m1/s1. The SMILES string of the molecule is CC1CCC(C)N1Cc1cc(N(C)C)c2c(c1O)C(=O)C1=C(O)[C@]3(O)C(=O)C(C(N)=O)=C(O)C[C@]3(N)C[C@]1(N)C2. The van der Waals surface area contributed by atoms with Gasteiger partial charge in [0.15, 0.2) is 5.78 Å². The van der Waals surface area contributed by atoms with E-state index in [4.69, 9.17) is 17.2 Å². The maximum atomic E-state index is 14.2. The van der Waals surface area contributed by atoms with Crippen LogP contribution in [-0.2, 0) is 22.6 Å². The van der Waals surface area contributed by atoms with Crippen LogP contribution in [0.4, 0.5) is 5.69 Å². The van der Waals surface area contributed by atoms with Crippen molar-refractivity contribution in [1.82, 2.24) is 4.90 Å². The first-order chi connectivity index (χ1) is 18.5. The van der Waals surface area contributed by atoms with Crippen LogP contribution in [0.1, 0.15) is 61.0 Å². The first-order valence-corrected chi connectivity index (χ1v) is 13.3. The largest absolute Gasteiger partial charge is 0.511 e. The number of aliphatic hydroxyl groups excluding tert-OH is 2. The zero-order valence-corrected chi connectivity index (χ0v) is 23.1. The molecular formula is C28H37N5O7. The zero-order valence-electron chi connectivity index (χ0n) is 23.1. The van der Waals surface area contributed by atoms with E-state index in [-0.39, 0.29) is 29.8 Å². The van der Waals surface area contributed by atoms with E-state index in [1.54, 1.807) is 19.0 Å². The molecule has 4 aliphatic rings. The highest BCUT2D eigenvalue weighted by atomic mass is 16.4. The van der Waals surface area contributed by atoms with E-state index in [1.165, 1.54) is 0 Å². The van der Waals surface area contributed by atoms with Gasteiger partial charge < -0.3 is 42.5 Å². The highest BCUT2D eigenvalue weighted by Gasteiger charge is 2.69. The molecule has 5 atom stereocenters. The van der Waals surface area contributed by atoms with Crippen molar-refractivity contribution in [3.05, 3.63) is 45.4 Å². The van der Waals surface area contributed by atoms with E-state index in [0.717, 1.165) is 12.8 Å². The number of phenolic OH excluding ortho intramolecular Hbond substituents is 1. The molecule has 0 saturated carbocycles. The Morgan fingerprint density at radius 3 is 2.25 bits per heavy atom. The number of aromatic hydroxyl groups is 1. The molecule has 216 valence electrons. The lowest BCUT2D eigenvalue weighted by molar-refractivity contribution is -0.147. The van der Waals surface area contributed by atoms with Gasteiger partial charge in [0.05, 0.1) is 22.2 Å². The summed E-state index contributed by atoms with van der Waals surface area (Å²) in [6, 6.07) is 2.38. The summed E-state index contributed by atoms with van der Waals surface area (Å²) < 4.78 is 0. The topological polar surface area (TPSA) is 217 Å². The number of phenols is 1. The number of primary amides is 1. The van der Waals surface area contributed by atoms with Crippen molar-refractivity contribution >= 4 is 23.2 Å². The van der Waals surface area contributed by atoms with Crippen molar-refractivity contribution in [1.29, 1.82) is 0 Å². The number of ketones is 2. The Bertz CT molecular complexity index is 1420. The highest BCUT2D eigenvalue weighted by Crippen LogP contribution is 2.54. The van der Waals surface area contributed by atoms with Crippen molar-refractivity contribution in [2.75, 3.05) is 19.0 Å². The van der Waals surface area contributed by atoms with Gasteiger partial charge in [-0.1, -0.05) is 0 Å². The number of benzene rings is 1. The second-order valence-corrected chi connectivity index (χ2v) is 12.2. The minimum Gasteiger partial charge on any atom is -0.511 e. The fraction of sp³-hybridized carbons (Fsp3) is 0.536. The number of nitrogens with zero attached hydrogens (tertiary/aromatic N) is 2. The van der Waals surface area contributed by atoms with Crippen molar-refractivity contribution in [3.8, 4) is 5.75 Å². The van der Waals surface area contributed by atoms with Crippen LogP contribution >= 0.6 is 0 Å². The minimum atomic E-state index is -2.95. The first kappa shape index (κ1) is 28.1. The van der Waals surface area contributed by atoms with Gasteiger partial charge in [-0.15, -0.1) is 0 Å². The van der Waals surface area contributed by atoms with Gasteiger partial charge in [-0.25, -0.2) is 0 Å². The lowest BCUT2D eigenvalue weighted by Gasteiger charge is -2.55. The molecule has 10 N–H and O–H groups in total. The summed E-state index contributed by atoms with van der Waals surface area (Å²) in [5, 5.41) is 45.0. The quantitative estimate of drug-likeness (QED) is 0.249. The molecule has 12 heteroatoms. The molecule has 1 aromatic rings. The number of carbonyl (C=O) groups excluding carboxylic acids is 3. The van der Waals surface area contributed by atoms with E-state index in [9.17, 15) is 34.8 Å². The Morgan fingerprint density at radius 1 is 1.10 bits per heavy atom. The Labute approximate surface area is 231 Å². The van der Waals surface area contributed by atoms with Gasteiger partial charge in [0, 0.05) is 50.4 Å². The lowest BCUT2D eigenvalue weighted by Crippen LogP contribution is -2.76. The second kappa shape index (κ2) is 8.77. The molecule has 1 aromatic carbocycles. The molecule has 5 rings (SSSR count). The number of anilines is 1. The summed E-state index contributed by atoms with van der Waals surface area (Å²) in [6.07, 6.45) is 0.950. The second-order valence-electron chi connectivity index (χ2n) is 12.2. The number of fused-ring (bicyclic) bond motifs is 3. The van der Waals surface area contributed by atoms with Crippen LogP contribution < -0.4 is 22.1 Å². The number of hydrogen-bond acceptors (Lipinski definition) is 11. The summed E-state index contributed by atoms with van der Waals surface area (Å²) in [4.78, 5) is 43.5. The van der Waals surface area contributed by atoms with Crippen molar-refractivity contribution < 1.29 is 34.8 Å². The Morgan fingerprint density at radius 2 is 1.70 bits per heavy atom. The molecule has 0 radical (unpaired) electrons. The van der Waals surface area contributed by atoms with Gasteiger partial charge in [0.2, 0.25) is 11.4 Å². The molecular weight excluding hydrogens is 518 g/mol. The van der Waals surface area contributed by atoms with Gasteiger partial charge in [0.1, 0.15) is 22.8 Å². The van der Waals surface area contributed by atoms with Gasteiger partial charge in [-0.2, -0.15) is 0 Å². The average molecular weight is 556 g/mol. The molecule has 40 heavy (non-hydrogen) atoms. The normalized spacial score (nSPS) is 34.1. The highest BCUT2D eigenvalue weighted by molar-refractivity contribution is 6.25. The minimum absolute atomic E-state index is 0.0677. The number of amides is 1. The van der Waals surface area contributed by atoms with E-state index in [0.29, 0.717) is 23.4 Å². The summed E-state index contributed by atoms with van der Waals surface area (Å²) in [7, 11) is 3.60. The first-order valence-electron chi connectivity index (χ1n) is 13.3. The van der Waals surface area contributed by atoms with Crippen LogP contribution in [-0.4, -0.2) is 85.7 Å². The number of nitrogens with two attached hydrogens (primary N) is 3. The third-order valence-corrected chi connectivity index (χ3v) is 9.38. The Hall–Kier alpha value is -3.45. The van der Waals surface area contributed by atoms with Crippen LogP contribution in [0, 0.1) is 0 Å². The maximum absolute atomic E-state index is 14.2. The molecule has 12 nitrogen and oxygen atoms in total. The fourth-order valence-corrected chi connectivity index (χ4v) is 7.29. The van der Waals surface area contributed by atoms with E-state index in [2.05, 4.69) is 18.7 Å². The van der Waals surface area contributed by atoms with Crippen LogP contribution in [0.25, 0.3) is 0 Å².